The quantitative estimate of drug-likeness (QED) is 0.381. The number of hydrogen-bond donors (Lipinski definition) is 1. The van der Waals surface area contributed by atoms with E-state index < -0.39 is 35.0 Å². The van der Waals surface area contributed by atoms with Crippen molar-refractivity contribution in [1.29, 1.82) is 0 Å². The van der Waals surface area contributed by atoms with Gasteiger partial charge in [-0.15, -0.1) is 0 Å². The van der Waals surface area contributed by atoms with Gasteiger partial charge in [0.2, 0.25) is 0 Å². The van der Waals surface area contributed by atoms with Crippen molar-refractivity contribution in [3.8, 4) is 0 Å². The highest BCUT2D eigenvalue weighted by molar-refractivity contribution is 6.30. The van der Waals surface area contributed by atoms with Gasteiger partial charge in [-0.25, -0.2) is 0 Å². The zero-order chi connectivity index (χ0) is 19.5. The molecule has 0 saturated carbocycles. The third kappa shape index (κ3) is 5.26. The van der Waals surface area contributed by atoms with E-state index in [9.17, 15) is 31.1 Å². The summed E-state index contributed by atoms with van der Waals surface area (Å²) in [7, 11) is 0. The highest BCUT2D eigenvalue weighted by atomic mass is 35.5. The predicted octanol–water partition coefficient (Wildman–Crippen LogP) is 6.19. The number of benzene rings is 2. The number of hydrogen-bond acceptors (Lipinski definition) is 2. The second-order valence-corrected chi connectivity index (χ2v) is 5.58. The minimum atomic E-state index is -4.94. The van der Waals surface area contributed by atoms with E-state index in [1.165, 1.54) is 24.3 Å². The van der Waals surface area contributed by atoms with Gasteiger partial charge in [0, 0.05) is 28.5 Å². The Kier molecular flexibility index (Phi) is 5.65. The summed E-state index contributed by atoms with van der Waals surface area (Å²) in [5.74, 6) is -0.503. The zero-order valence-corrected chi connectivity index (χ0v) is 13.5. The normalized spacial score (nSPS) is 12.4. The second-order valence-electron chi connectivity index (χ2n) is 5.14. The van der Waals surface area contributed by atoms with Crippen molar-refractivity contribution < 1.29 is 31.1 Å². The highest BCUT2D eigenvalue weighted by Gasteiger charge is 2.36. The SMILES string of the molecule is O=C(/C=C/Nc1cc(C(F)(F)F)cc(C(F)(F)F)c1)c1ccc(Cl)cc1. The molecule has 0 aliphatic heterocycles. The first-order valence-corrected chi connectivity index (χ1v) is 7.37. The molecule has 0 aliphatic rings. The molecule has 0 unspecified atom stereocenters. The molecule has 0 radical (unpaired) electrons. The van der Waals surface area contributed by atoms with E-state index in [1.807, 2.05) is 0 Å². The molecule has 0 atom stereocenters. The fraction of sp³-hybridized carbons (Fsp3) is 0.118. The van der Waals surface area contributed by atoms with Gasteiger partial charge in [0.25, 0.3) is 0 Å². The number of alkyl halides is 6. The van der Waals surface area contributed by atoms with Crippen LogP contribution in [-0.2, 0) is 12.4 Å². The number of anilines is 1. The molecule has 2 aromatic rings. The smallest absolute Gasteiger partial charge is 0.362 e. The van der Waals surface area contributed by atoms with Crippen molar-refractivity contribution in [2.75, 3.05) is 5.32 Å². The van der Waals surface area contributed by atoms with Crippen LogP contribution in [0.15, 0.2) is 54.7 Å². The summed E-state index contributed by atoms with van der Waals surface area (Å²) in [6.45, 7) is 0. The molecule has 0 amide bonds. The molecule has 0 saturated heterocycles. The topological polar surface area (TPSA) is 29.1 Å². The van der Waals surface area contributed by atoms with Gasteiger partial charge in [-0.2, -0.15) is 26.3 Å². The Hall–Kier alpha value is -2.48. The van der Waals surface area contributed by atoms with Crippen LogP contribution in [0.2, 0.25) is 5.02 Å². The molecule has 2 aromatic carbocycles. The van der Waals surface area contributed by atoms with Crippen molar-refractivity contribution in [2.45, 2.75) is 12.4 Å². The number of allylic oxidation sites excluding steroid dienone is 1. The molecule has 9 heteroatoms. The summed E-state index contributed by atoms with van der Waals surface area (Å²) in [6, 6.07) is 6.87. The van der Waals surface area contributed by atoms with Gasteiger partial charge in [-0.3, -0.25) is 4.79 Å². The van der Waals surface area contributed by atoms with Crippen LogP contribution in [0.1, 0.15) is 21.5 Å². The van der Waals surface area contributed by atoms with E-state index in [4.69, 9.17) is 11.6 Å². The van der Waals surface area contributed by atoms with Crippen LogP contribution in [0.4, 0.5) is 32.0 Å². The summed E-state index contributed by atoms with van der Waals surface area (Å²) in [6.07, 6.45) is -7.94. The number of carbonyl (C=O) groups is 1. The van der Waals surface area contributed by atoms with Crippen LogP contribution < -0.4 is 5.32 Å². The standard InChI is InChI=1S/C17H10ClF6NO/c18-13-3-1-10(2-4-13)15(26)5-6-25-14-8-11(16(19,20)21)7-12(9-14)17(22,23)24/h1-9,25H/b6-5+. The fourth-order valence-corrected chi connectivity index (χ4v) is 2.09. The fourth-order valence-electron chi connectivity index (χ4n) is 1.96. The lowest BCUT2D eigenvalue weighted by molar-refractivity contribution is -0.143. The number of rotatable bonds is 4. The van der Waals surface area contributed by atoms with Crippen molar-refractivity contribution >= 4 is 23.1 Å². The lowest BCUT2D eigenvalue weighted by Gasteiger charge is -2.14. The monoisotopic (exact) mass is 393 g/mol. The van der Waals surface area contributed by atoms with Crippen LogP contribution in [0.5, 0.6) is 0 Å². The summed E-state index contributed by atoms with van der Waals surface area (Å²) in [5, 5.41) is 2.66. The summed E-state index contributed by atoms with van der Waals surface area (Å²) in [5.41, 5.74) is -3.10. The maximum Gasteiger partial charge on any atom is 0.416 e. The number of carbonyl (C=O) groups excluding carboxylic acids is 1. The predicted molar refractivity (Wildman–Crippen MR) is 85.0 cm³/mol. The van der Waals surface area contributed by atoms with Crippen molar-refractivity contribution in [3.63, 3.8) is 0 Å². The molecular formula is C17H10ClF6NO. The van der Waals surface area contributed by atoms with E-state index in [2.05, 4.69) is 5.32 Å². The first kappa shape index (κ1) is 19.8. The van der Waals surface area contributed by atoms with Gasteiger partial charge in [0.05, 0.1) is 11.1 Å². The molecule has 0 aromatic heterocycles. The first-order valence-electron chi connectivity index (χ1n) is 6.99. The van der Waals surface area contributed by atoms with Gasteiger partial charge in [-0.1, -0.05) is 11.6 Å². The summed E-state index contributed by atoms with van der Waals surface area (Å²) < 4.78 is 76.6. The molecule has 138 valence electrons. The third-order valence-electron chi connectivity index (χ3n) is 3.20. The number of halogens is 7. The Balaban J connectivity index is 2.23. The molecule has 0 spiro atoms. The van der Waals surface area contributed by atoms with Crippen LogP contribution in [0.3, 0.4) is 0 Å². The second kappa shape index (κ2) is 7.41. The molecule has 0 aliphatic carbocycles. The van der Waals surface area contributed by atoms with Crippen molar-refractivity contribution in [1.82, 2.24) is 0 Å². The maximum absolute atomic E-state index is 12.8. The Labute approximate surface area is 149 Å². The third-order valence-corrected chi connectivity index (χ3v) is 3.45. The van der Waals surface area contributed by atoms with Crippen LogP contribution >= 0.6 is 11.6 Å². The summed E-state index contributed by atoms with van der Waals surface area (Å²) >= 11 is 5.68. The summed E-state index contributed by atoms with van der Waals surface area (Å²) in [4.78, 5) is 11.9. The van der Waals surface area contributed by atoms with Crippen LogP contribution in [0.25, 0.3) is 0 Å². The molecular weight excluding hydrogens is 384 g/mol. The average Bonchev–Trinajstić information content (AvgIpc) is 2.53. The molecule has 1 N–H and O–H groups in total. The minimum Gasteiger partial charge on any atom is -0.362 e. The van der Waals surface area contributed by atoms with E-state index >= 15 is 0 Å². The minimum absolute atomic E-state index is 0.0216. The molecule has 2 nitrogen and oxygen atoms in total. The lowest BCUT2D eigenvalue weighted by atomic mass is 10.1. The van der Waals surface area contributed by atoms with Crippen LogP contribution in [-0.4, -0.2) is 5.78 Å². The Morgan fingerprint density at radius 2 is 1.38 bits per heavy atom. The number of ketones is 1. The highest BCUT2D eigenvalue weighted by Crippen LogP contribution is 2.37. The molecule has 0 fully saturated rings. The van der Waals surface area contributed by atoms with Crippen LogP contribution in [0, 0.1) is 0 Å². The van der Waals surface area contributed by atoms with E-state index in [1.54, 1.807) is 0 Å². The molecule has 26 heavy (non-hydrogen) atoms. The average molecular weight is 394 g/mol. The largest absolute Gasteiger partial charge is 0.416 e. The van der Waals surface area contributed by atoms with Gasteiger partial charge >= 0.3 is 12.4 Å². The zero-order valence-electron chi connectivity index (χ0n) is 12.8. The van der Waals surface area contributed by atoms with E-state index in [0.717, 1.165) is 12.3 Å². The first-order chi connectivity index (χ1) is 12.0. The molecule has 0 bridgehead atoms. The molecule has 2 rings (SSSR count). The van der Waals surface area contributed by atoms with Gasteiger partial charge < -0.3 is 5.32 Å². The Morgan fingerprint density at radius 1 is 0.885 bits per heavy atom. The van der Waals surface area contributed by atoms with E-state index in [-0.39, 0.29) is 11.6 Å². The lowest BCUT2D eigenvalue weighted by Crippen LogP contribution is -2.11. The molecule has 0 heterocycles. The van der Waals surface area contributed by atoms with E-state index in [0.29, 0.717) is 17.2 Å². The maximum atomic E-state index is 12.8. The van der Waals surface area contributed by atoms with Gasteiger partial charge in [0.1, 0.15) is 0 Å². The Bertz CT molecular complexity index is 792. The number of nitrogens with one attached hydrogen (secondary N) is 1. The Morgan fingerprint density at radius 3 is 1.85 bits per heavy atom. The van der Waals surface area contributed by atoms with Crippen molar-refractivity contribution in [3.05, 3.63) is 76.5 Å². The van der Waals surface area contributed by atoms with Crippen molar-refractivity contribution in [2.24, 2.45) is 0 Å². The van der Waals surface area contributed by atoms with Gasteiger partial charge in [-0.05, 0) is 42.5 Å². The van der Waals surface area contributed by atoms with Gasteiger partial charge in [0.15, 0.2) is 5.78 Å².